The first-order valence-corrected chi connectivity index (χ1v) is 9.29. The van der Waals surface area contributed by atoms with Crippen molar-refractivity contribution in [2.24, 2.45) is 0 Å². The molecule has 0 spiro atoms. The molecular weight excluding hydrogens is 343 g/mol. The largest absolute Gasteiger partial charge is 0.352 e. The van der Waals surface area contributed by atoms with Crippen LogP contribution in [0.25, 0.3) is 0 Å². The summed E-state index contributed by atoms with van der Waals surface area (Å²) < 4.78 is 14.0. The minimum Gasteiger partial charge on any atom is -0.352 e. The normalized spacial score (nSPS) is 12.9. The Morgan fingerprint density at radius 1 is 1.04 bits per heavy atom. The van der Waals surface area contributed by atoms with Gasteiger partial charge in [0.05, 0.1) is 6.42 Å². The van der Waals surface area contributed by atoms with E-state index in [1.165, 1.54) is 11.0 Å². The first-order chi connectivity index (χ1) is 12.9. The van der Waals surface area contributed by atoms with Crippen molar-refractivity contribution in [2.75, 3.05) is 0 Å². The number of nitrogens with zero attached hydrogens (tertiary/aromatic N) is 1. The summed E-state index contributed by atoms with van der Waals surface area (Å²) in [6.07, 6.45) is 0.723. The monoisotopic (exact) mass is 370 g/mol. The molecule has 2 aromatic carbocycles. The zero-order valence-electron chi connectivity index (χ0n) is 16.1. The minimum atomic E-state index is -0.654. The highest BCUT2D eigenvalue weighted by atomic mass is 19.1. The van der Waals surface area contributed by atoms with Gasteiger partial charge in [-0.1, -0.05) is 55.5 Å². The third kappa shape index (κ3) is 5.91. The first kappa shape index (κ1) is 20.6. The third-order valence-corrected chi connectivity index (χ3v) is 4.66. The molecule has 4 nitrogen and oxygen atoms in total. The minimum absolute atomic E-state index is 0.0280. The number of carbonyl (C=O) groups excluding carboxylic acids is 2. The molecule has 0 heterocycles. The topological polar surface area (TPSA) is 49.4 Å². The highest BCUT2D eigenvalue weighted by molar-refractivity contribution is 5.88. The van der Waals surface area contributed by atoms with Crippen molar-refractivity contribution >= 4 is 11.8 Å². The van der Waals surface area contributed by atoms with Crippen LogP contribution in [0.5, 0.6) is 0 Å². The lowest BCUT2D eigenvalue weighted by molar-refractivity contribution is -0.140. The number of hydrogen-bond donors (Lipinski definition) is 1. The molecule has 0 saturated carbocycles. The molecule has 0 bridgehead atoms. The van der Waals surface area contributed by atoms with Crippen LogP contribution in [0.2, 0.25) is 0 Å². The molecule has 0 aromatic heterocycles. The van der Waals surface area contributed by atoms with E-state index in [2.05, 4.69) is 5.32 Å². The second-order valence-electron chi connectivity index (χ2n) is 6.77. The van der Waals surface area contributed by atoms with Crippen molar-refractivity contribution in [3.63, 3.8) is 0 Å². The van der Waals surface area contributed by atoms with E-state index in [1.807, 2.05) is 44.2 Å². The van der Waals surface area contributed by atoms with Crippen LogP contribution in [-0.2, 0) is 22.6 Å². The molecule has 2 rings (SSSR count). The van der Waals surface area contributed by atoms with Crippen molar-refractivity contribution in [1.29, 1.82) is 0 Å². The molecular formula is C22H27FN2O2. The summed E-state index contributed by atoms with van der Waals surface area (Å²) in [5.74, 6) is -0.903. The molecule has 0 radical (unpaired) electrons. The lowest BCUT2D eigenvalue weighted by Crippen LogP contribution is -2.49. The molecule has 0 aliphatic carbocycles. The van der Waals surface area contributed by atoms with Crippen LogP contribution in [0.1, 0.15) is 38.3 Å². The zero-order chi connectivity index (χ0) is 19.8. The molecule has 27 heavy (non-hydrogen) atoms. The summed E-state index contributed by atoms with van der Waals surface area (Å²) in [7, 11) is 0. The third-order valence-electron chi connectivity index (χ3n) is 4.66. The van der Waals surface area contributed by atoms with E-state index in [-0.39, 0.29) is 24.3 Å². The van der Waals surface area contributed by atoms with Crippen LogP contribution in [-0.4, -0.2) is 28.8 Å². The van der Waals surface area contributed by atoms with Gasteiger partial charge in [0.15, 0.2) is 0 Å². The van der Waals surface area contributed by atoms with Crippen LogP contribution in [0, 0.1) is 5.82 Å². The molecule has 0 aliphatic rings. The van der Waals surface area contributed by atoms with Gasteiger partial charge >= 0.3 is 0 Å². The molecule has 0 saturated heterocycles. The quantitative estimate of drug-likeness (QED) is 0.770. The van der Waals surface area contributed by atoms with E-state index >= 15 is 0 Å². The fraction of sp³-hybridized carbons (Fsp3) is 0.364. The Bertz CT molecular complexity index is 764. The standard InChI is InChI=1S/C22H27FN2O2/c1-4-16(2)24-22(27)17(3)25(15-18-10-6-5-7-11-18)21(26)14-19-12-8-9-13-20(19)23/h5-13,16-17H,4,14-15H2,1-3H3,(H,24,27)/t16-,17-/m1/s1. The molecule has 2 amide bonds. The van der Waals surface area contributed by atoms with Crippen LogP contribution < -0.4 is 5.32 Å². The number of hydrogen-bond acceptors (Lipinski definition) is 2. The van der Waals surface area contributed by atoms with Gasteiger partial charge < -0.3 is 10.2 Å². The molecule has 2 atom stereocenters. The van der Waals surface area contributed by atoms with Gasteiger partial charge in [0.1, 0.15) is 11.9 Å². The summed E-state index contributed by atoms with van der Waals surface area (Å²) in [5.41, 5.74) is 1.25. The lowest BCUT2D eigenvalue weighted by atomic mass is 10.1. The Kier molecular flexibility index (Phi) is 7.53. The molecule has 0 fully saturated rings. The van der Waals surface area contributed by atoms with E-state index in [0.29, 0.717) is 12.1 Å². The average Bonchev–Trinajstić information content (AvgIpc) is 2.67. The number of benzene rings is 2. The first-order valence-electron chi connectivity index (χ1n) is 9.29. The van der Waals surface area contributed by atoms with Crippen LogP contribution in [0.15, 0.2) is 54.6 Å². The van der Waals surface area contributed by atoms with Crippen molar-refractivity contribution in [3.05, 3.63) is 71.5 Å². The van der Waals surface area contributed by atoms with Gasteiger partial charge in [0.2, 0.25) is 11.8 Å². The Labute approximate surface area is 160 Å². The zero-order valence-corrected chi connectivity index (χ0v) is 16.1. The van der Waals surface area contributed by atoms with Gasteiger partial charge in [-0.2, -0.15) is 0 Å². The smallest absolute Gasteiger partial charge is 0.242 e. The maximum atomic E-state index is 14.0. The molecule has 2 aromatic rings. The van der Waals surface area contributed by atoms with Gasteiger partial charge in [-0.3, -0.25) is 9.59 Å². The van der Waals surface area contributed by atoms with Gasteiger partial charge in [0, 0.05) is 12.6 Å². The van der Waals surface area contributed by atoms with E-state index < -0.39 is 11.9 Å². The van der Waals surface area contributed by atoms with E-state index in [0.717, 1.165) is 12.0 Å². The molecule has 144 valence electrons. The predicted molar refractivity (Wildman–Crippen MR) is 104 cm³/mol. The predicted octanol–water partition coefficient (Wildman–Crippen LogP) is 3.70. The number of carbonyl (C=O) groups is 2. The van der Waals surface area contributed by atoms with Crippen molar-refractivity contribution in [3.8, 4) is 0 Å². The highest BCUT2D eigenvalue weighted by Gasteiger charge is 2.27. The summed E-state index contributed by atoms with van der Waals surface area (Å²) in [4.78, 5) is 27.1. The van der Waals surface area contributed by atoms with E-state index in [1.54, 1.807) is 25.1 Å². The van der Waals surface area contributed by atoms with Crippen molar-refractivity contribution in [2.45, 2.75) is 52.2 Å². The lowest BCUT2D eigenvalue weighted by Gasteiger charge is -2.30. The van der Waals surface area contributed by atoms with Gasteiger partial charge in [-0.25, -0.2) is 4.39 Å². The number of halogens is 1. The van der Waals surface area contributed by atoms with Crippen LogP contribution in [0.3, 0.4) is 0 Å². The van der Waals surface area contributed by atoms with E-state index in [4.69, 9.17) is 0 Å². The summed E-state index contributed by atoms with van der Waals surface area (Å²) >= 11 is 0. The SMILES string of the molecule is CC[C@@H](C)NC(=O)[C@@H](C)N(Cc1ccccc1)C(=O)Cc1ccccc1F. The molecule has 5 heteroatoms. The van der Waals surface area contributed by atoms with Crippen molar-refractivity contribution < 1.29 is 14.0 Å². The van der Waals surface area contributed by atoms with Gasteiger partial charge in [0.25, 0.3) is 0 Å². The molecule has 0 aliphatic heterocycles. The number of nitrogens with one attached hydrogen (secondary N) is 1. The van der Waals surface area contributed by atoms with Crippen LogP contribution >= 0.6 is 0 Å². The molecule has 0 unspecified atom stereocenters. The summed E-state index contributed by atoms with van der Waals surface area (Å²) in [5, 5.41) is 2.92. The second kappa shape index (κ2) is 9.86. The maximum Gasteiger partial charge on any atom is 0.242 e. The van der Waals surface area contributed by atoms with Gasteiger partial charge in [-0.15, -0.1) is 0 Å². The fourth-order valence-electron chi connectivity index (χ4n) is 2.73. The fourth-order valence-corrected chi connectivity index (χ4v) is 2.73. The van der Waals surface area contributed by atoms with E-state index in [9.17, 15) is 14.0 Å². The van der Waals surface area contributed by atoms with Crippen LogP contribution in [0.4, 0.5) is 4.39 Å². The Morgan fingerprint density at radius 3 is 2.30 bits per heavy atom. The Hall–Kier alpha value is -2.69. The number of rotatable bonds is 8. The van der Waals surface area contributed by atoms with Gasteiger partial charge in [-0.05, 0) is 37.5 Å². The average molecular weight is 370 g/mol. The molecule has 1 N–H and O–H groups in total. The summed E-state index contributed by atoms with van der Waals surface area (Å²) in [6.45, 7) is 5.91. The highest BCUT2D eigenvalue weighted by Crippen LogP contribution is 2.14. The maximum absolute atomic E-state index is 14.0. The Balaban J connectivity index is 2.21. The van der Waals surface area contributed by atoms with Crippen molar-refractivity contribution in [1.82, 2.24) is 10.2 Å². The second-order valence-corrected chi connectivity index (χ2v) is 6.77. The Morgan fingerprint density at radius 2 is 1.67 bits per heavy atom. The number of amides is 2. The summed E-state index contributed by atoms with van der Waals surface area (Å²) in [6, 6.07) is 15.1.